The number of nitrogens with zero attached hydrogens (tertiary/aromatic N) is 1. The van der Waals surface area contributed by atoms with E-state index in [2.05, 4.69) is 148 Å². The van der Waals surface area contributed by atoms with Crippen molar-refractivity contribution in [1.82, 2.24) is 5.32 Å². The van der Waals surface area contributed by atoms with Crippen LogP contribution in [0.15, 0.2) is 134 Å². The number of unbranched alkanes of at least 4 members (excludes halogenated alkanes) is 20. The quantitative estimate of drug-likeness (QED) is 0.0205. The maximum absolute atomic E-state index is 13.6. The van der Waals surface area contributed by atoms with Gasteiger partial charge >= 0.3 is 13.8 Å². The Balaban J connectivity index is 5.35. The molecule has 0 aliphatic rings. The molecule has 9 nitrogen and oxygen atoms in total. The zero-order chi connectivity index (χ0) is 58.6. The summed E-state index contributed by atoms with van der Waals surface area (Å²) in [7, 11) is 1.44. The van der Waals surface area contributed by atoms with Crippen LogP contribution in [0.1, 0.15) is 245 Å². The van der Waals surface area contributed by atoms with Gasteiger partial charge in [-0.1, -0.05) is 238 Å². The smallest absolute Gasteiger partial charge is 0.456 e. The fourth-order valence-electron chi connectivity index (χ4n) is 8.40. The van der Waals surface area contributed by atoms with Gasteiger partial charge in [0.25, 0.3) is 0 Å². The summed E-state index contributed by atoms with van der Waals surface area (Å²) >= 11 is 0. The van der Waals surface area contributed by atoms with Crippen molar-refractivity contribution in [1.29, 1.82) is 0 Å². The summed E-state index contributed by atoms with van der Waals surface area (Å²) in [5, 5.41) is 3.03. The van der Waals surface area contributed by atoms with Gasteiger partial charge in [-0.2, -0.15) is 0 Å². The number of phosphoric ester groups is 1. The van der Waals surface area contributed by atoms with E-state index in [1.165, 1.54) is 77.0 Å². The summed E-state index contributed by atoms with van der Waals surface area (Å²) in [5.74, 6) is -0.580. The third kappa shape index (κ3) is 58.8. The van der Waals surface area contributed by atoms with E-state index in [9.17, 15) is 19.0 Å². The van der Waals surface area contributed by atoms with Gasteiger partial charge in [-0.25, -0.2) is 4.57 Å². The van der Waals surface area contributed by atoms with Crippen LogP contribution in [0.3, 0.4) is 0 Å². The number of rotatable bonds is 56. The van der Waals surface area contributed by atoms with Crippen LogP contribution in [-0.2, 0) is 27.9 Å². The first-order chi connectivity index (χ1) is 38.9. The molecule has 0 aromatic heterocycles. The average molecular weight is 1130 g/mol. The SMILES string of the molecule is CC/C=C\C/C=C\C/C=C\C/C=C\C/C=C\C/C=C\CCCCCCC(=O)OC(/C=C/CCCCCCCCCCCC)C(COP(=O)(O)OCC[N+](C)(C)C)NC(=O)CCCCC/C=C\C/C=C\C/C=C\C/C=C\CCCCC. The highest BCUT2D eigenvalue weighted by Crippen LogP contribution is 2.43. The molecule has 3 unspecified atom stereocenters. The molecule has 0 heterocycles. The second-order valence-corrected chi connectivity index (χ2v) is 23.6. The fraction of sp³-hybridized carbons (Fsp3) is 0.657. The Morgan fingerprint density at radius 2 is 0.800 bits per heavy atom. The normalized spacial score (nSPS) is 14.5. The van der Waals surface area contributed by atoms with Crippen LogP contribution in [0.5, 0.6) is 0 Å². The number of likely N-dealkylation sites (N-methyl/N-ethyl adjacent to an activating group) is 1. The number of phosphoric acid groups is 1. The fourth-order valence-corrected chi connectivity index (χ4v) is 9.13. The van der Waals surface area contributed by atoms with Gasteiger partial charge in [0.1, 0.15) is 19.3 Å². The number of carbonyl (C=O) groups is 2. The zero-order valence-electron chi connectivity index (χ0n) is 52.0. The van der Waals surface area contributed by atoms with Crippen LogP contribution in [0.4, 0.5) is 0 Å². The van der Waals surface area contributed by atoms with E-state index in [0.29, 0.717) is 23.9 Å². The van der Waals surface area contributed by atoms with Crippen LogP contribution < -0.4 is 5.32 Å². The van der Waals surface area contributed by atoms with Crippen molar-refractivity contribution >= 4 is 19.7 Å². The van der Waals surface area contributed by atoms with E-state index in [-0.39, 0.29) is 37.9 Å². The molecular weight excluding hydrogens is 1010 g/mol. The highest BCUT2D eigenvalue weighted by atomic mass is 31.2. The van der Waals surface area contributed by atoms with Crippen LogP contribution in [0.2, 0.25) is 0 Å². The number of carbonyl (C=O) groups excluding carboxylic acids is 2. The number of allylic oxidation sites excluding steroid dienone is 21. The van der Waals surface area contributed by atoms with Gasteiger partial charge in [-0.15, -0.1) is 0 Å². The lowest BCUT2D eigenvalue weighted by Crippen LogP contribution is -2.47. The van der Waals surface area contributed by atoms with Gasteiger partial charge < -0.3 is 19.4 Å². The minimum absolute atomic E-state index is 0.0218. The Morgan fingerprint density at radius 1 is 0.450 bits per heavy atom. The van der Waals surface area contributed by atoms with E-state index in [0.717, 1.165) is 122 Å². The first-order valence-electron chi connectivity index (χ1n) is 32.0. The first kappa shape index (κ1) is 76.1. The lowest BCUT2D eigenvalue weighted by atomic mass is 10.1. The molecule has 0 rings (SSSR count). The summed E-state index contributed by atoms with van der Waals surface area (Å²) in [6.07, 6.45) is 83.1. The summed E-state index contributed by atoms with van der Waals surface area (Å²) < 4.78 is 30.7. The molecule has 0 radical (unpaired) electrons. The molecule has 0 saturated carbocycles. The Hall–Kier alpha value is -3.85. The summed E-state index contributed by atoms with van der Waals surface area (Å²) in [5.41, 5.74) is 0. The van der Waals surface area contributed by atoms with Gasteiger partial charge in [0.2, 0.25) is 5.91 Å². The van der Waals surface area contributed by atoms with E-state index >= 15 is 0 Å². The van der Waals surface area contributed by atoms with E-state index in [4.69, 9.17) is 13.8 Å². The third-order valence-electron chi connectivity index (χ3n) is 13.3. The van der Waals surface area contributed by atoms with Crippen LogP contribution in [-0.4, -0.2) is 74.3 Å². The minimum atomic E-state index is -4.48. The first-order valence-corrected chi connectivity index (χ1v) is 33.5. The number of ether oxygens (including phenoxy) is 1. The molecular formula is C70H120N2O7P+. The minimum Gasteiger partial charge on any atom is -0.456 e. The molecule has 3 atom stereocenters. The Labute approximate surface area is 492 Å². The topological polar surface area (TPSA) is 111 Å². The number of quaternary nitrogens is 1. The molecule has 10 heteroatoms. The van der Waals surface area contributed by atoms with Crippen molar-refractivity contribution in [3.8, 4) is 0 Å². The van der Waals surface area contributed by atoms with Crippen LogP contribution >= 0.6 is 7.82 Å². The van der Waals surface area contributed by atoms with Crippen LogP contribution in [0, 0.1) is 0 Å². The predicted molar refractivity (Wildman–Crippen MR) is 346 cm³/mol. The number of amides is 1. The molecule has 0 bridgehead atoms. The highest BCUT2D eigenvalue weighted by Gasteiger charge is 2.30. The molecule has 0 spiro atoms. The molecule has 0 aliphatic carbocycles. The second-order valence-electron chi connectivity index (χ2n) is 22.2. The van der Waals surface area contributed by atoms with Gasteiger partial charge in [-0.3, -0.25) is 18.6 Å². The molecule has 0 aromatic rings. The molecule has 2 N–H and O–H groups in total. The summed E-state index contributed by atoms with van der Waals surface area (Å²) in [6, 6.07) is -0.886. The largest absolute Gasteiger partial charge is 0.472 e. The maximum Gasteiger partial charge on any atom is 0.472 e. The van der Waals surface area contributed by atoms with Crippen molar-refractivity contribution in [3.05, 3.63) is 134 Å². The average Bonchev–Trinajstić information content (AvgIpc) is 3.43. The molecule has 0 aliphatic heterocycles. The highest BCUT2D eigenvalue weighted by molar-refractivity contribution is 7.47. The molecule has 0 fully saturated rings. The van der Waals surface area contributed by atoms with E-state index in [1.807, 2.05) is 33.3 Å². The number of hydrogen-bond acceptors (Lipinski definition) is 6. The molecule has 80 heavy (non-hydrogen) atoms. The molecule has 0 aromatic carbocycles. The zero-order valence-corrected chi connectivity index (χ0v) is 52.9. The third-order valence-corrected chi connectivity index (χ3v) is 14.3. The van der Waals surface area contributed by atoms with Crippen molar-refractivity contribution < 1.29 is 37.3 Å². The summed E-state index contributed by atoms with van der Waals surface area (Å²) in [4.78, 5) is 37.8. The number of hydrogen-bond donors (Lipinski definition) is 2. The van der Waals surface area contributed by atoms with Gasteiger partial charge in [0.15, 0.2) is 0 Å². The van der Waals surface area contributed by atoms with E-state index in [1.54, 1.807) is 0 Å². The monoisotopic (exact) mass is 1130 g/mol. The molecule has 1 amide bonds. The Kier molecular flexibility index (Phi) is 55.5. The Bertz CT molecular complexity index is 1830. The maximum atomic E-state index is 13.6. The van der Waals surface area contributed by atoms with Crippen molar-refractivity contribution in [2.45, 2.75) is 258 Å². The number of esters is 1. The number of nitrogens with one attached hydrogen (secondary N) is 1. The van der Waals surface area contributed by atoms with Crippen LogP contribution in [0.25, 0.3) is 0 Å². The second kappa shape index (κ2) is 58.4. The lowest BCUT2D eigenvalue weighted by Gasteiger charge is -2.27. The molecule has 0 saturated heterocycles. The van der Waals surface area contributed by atoms with Crippen molar-refractivity contribution in [2.24, 2.45) is 0 Å². The van der Waals surface area contributed by atoms with Gasteiger partial charge in [0, 0.05) is 12.8 Å². The Morgan fingerprint density at radius 3 is 1.24 bits per heavy atom. The lowest BCUT2D eigenvalue weighted by molar-refractivity contribution is -0.870. The van der Waals surface area contributed by atoms with E-state index < -0.39 is 20.0 Å². The van der Waals surface area contributed by atoms with Crippen molar-refractivity contribution in [3.63, 3.8) is 0 Å². The standard InChI is InChI=1S/C70H119N2O7P/c1-7-10-13-16-19-22-25-28-30-32-34-35-36-37-39-41-43-45-48-51-54-57-60-63-70(74)79-68(61-58-55-52-49-46-27-24-21-18-15-12-9-3)67(66-78-80(75,76)77-65-64-72(4,5)6)71-69(73)62-59-56-53-50-47-44-42-40-38-33-31-29-26-23-20-17-14-11-8-2/h10,13,19-20,22-23,28-31,34-35,37-40,43-45,47,58,61,67-68H,7-9,11-12,14-18,21,24-27,32-33,36,41-42,46,48-57,59-60,62-66H2,1-6H3,(H-,71,73,75,76)/p+1/b13-10-,22-19-,23-20-,30-28-,31-29-,35-34-,39-37-,40-38-,45-43-,47-44-,61-58+. The predicted octanol–water partition coefficient (Wildman–Crippen LogP) is 20.1. The van der Waals surface area contributed by atoms with Gasteiger partial charge in [0.05, 0.1) is 33.8 Å². The summed E-state index contributed by atoms with van der Waals surface area (Å²) in [6.45, 7) is 6.81. The van der Waals surface area contributed by atoms with Crippen molar-refractivity contribution in [2.75, 3.05) is 40.9 Å². The molecule has 456 valence electrons. The van der Waals surface area contributed by atoms with Gasteiger partial charge in [-0.05, 0) is 128 Å².